The van der Waals surface area contributed by atoms with Gasteiger partial charge in [0.05, 0.1) is 4.90 Å². The van der Waals surface area contributed by atoms with Gasteiger partial charge in [0.2, 0.25) is 21.8 Å². The van der Waals surface area contributed by atoms with Crippen LogP contribution >= 0.6 is 15.9 Å². The van der Waals surface area contributed by atoms with Gasteiger partial charge >= 0.3 is 0 Å². The number of sulfonamides is 1. The van der Waals surface area contributed by atoms with Crippen LogP contribution < -0.4 is 5.32 Å². The van der Waals surface area contributed by atoms with Crippen LogP contribution in [0.25, 0.3) is 0 Å². The molecule has 1 N–H and O–H groups in total. The molecule has 0 aromatic heterocycles. The highest BCUT2D eigenvalue weighted by molar-refractivity contribution is 9.10. The van der Waals surface area contributed by atoms with Crippen molar-refractivity contribution >= 4 is 37.8 Å². The van der Waals surface area contributed by atoms with Gasteiger partial charge in [-0.25, -0.2) is 12.7 Å². The molecule has 3 aromatic carbocycles. The van der Waals surface area contributed by atoms with Crippen LogP contribution in [0, 0.1) is 0 Å². The summed E-state index contributed by atoms with van der Waals surface area (Å²) in [6.45, 7) is 0.465. The van der Waals surface area contributed by atoms with Gasteiger partial charge in [-0.3, -0.25) is 9.59 Å². The van der Waals surface area contributed by atoms with E-state index in [1.165, 1.54) is 17.8 Å². The quantitative estimate of drug-likeness (QED) is 0.247. The third-order valence-corrected chi connectivity index (χ3v) is 10.2. The van der Waals surface area contributed by atoms with Crippen LogP contribution in [0.4, 0.5) is 0 Å². The van der Waals surface area contributed by atoms with Crippen LogP contribution in [0.3, 0.4) is 0 Å². The summed E-state index contributed by atoms with van der Waals surface area (Å²) in [7, 11) is -2.13. The maximum absolute atomic E-state index is 13.9. The first-order valence-electron chi connectivity index (χ1n) is 14.6. The number of carbonyl (C=O) groups excluding carboxylic acids is 2. The van der Waals surface area contributed by atoms with E-state index < -0.39 is 16.1 Å². The summed E-state index contributed by atoms with van der Waals surface area (Å²) in [5.41, 5.74) is 1.89. The predicted molar refractivity (Wildman–Crippen MR) is 169 cm³/mol. The molecule has 224 valence electrons. The lowest BCUT2D eigenvalue weighted by Crippen LogP contribution is -2.52. The molecule has 1 aliphatic carbocycles. The Balaban J connectivity index is 1.54. The van der Waals surface area contributed by atoms with Gasteiger partial charge in [-0.1, -0.05) is 95.9 Å². The summed E-state index contributed by atoms with van der Waals surface area (Å²) in [6, 6.07) is 25.2. The molecule has 7 nitrogen and oxygen atoms in total. The molecule has 2 amide bonds. The van der Waals surface area contributed by atoms with E-state index in [9.17, 15) is 18.0 Å². The number of carbonyl (C=O) groups is 2. The molecule has 0 heterocycles. The number of amides is 2. The highest BCUT2D eigenvalue weighted by Crippen LogP contribution is 2.21. The van der Waals surface area contributed by atoms with E-state index in [1.807, 2.05) is 54.6 Å². The second-order valence-electron chi connectivity index (χ2n) is 10.9. The zero-order chi connectivity index (χ0) is 30.0. The normalized spacial score (nSPS) is 14.8. The van der Waals surface area contributed by atoms with Crippen molar-refractivity contribution in [2.45, 2.75) is 74.9 Å². The summed E-state index contributed by atoms with van der Waals surface area (Å²) in [4.78, 5) is 29.7. The van der Waals surface area contributed by atoms with Gasteiger partial charge < -0.3 is 10.2 Å². The number of hydrogen-bond donors (Lipinski definition) is 1. The zero-order valence-electron chi connectivity index (χ0n) is 24.1. The molecular formula is C33H40BrN3O4S. The molecule has 0 radical (unpaired) electrons. The fourth-order valence-corrected chi connectivity index (χ4v) is 6.87. The summed E-state index contributed by atoms with van der Waals surface area (Å²) < 4.78 is 28.2. The van der Waals surface area contributed by atoms with Crippen LogP contribution in [0.5, 0.6) is 0 Å². The molecule has 1 atom stereocenters. The van der Waals surface area contributed by atoms with Crippen LogP contribution in [0.2, 0.25) is 0 Å². The molecule has 9 heteroatoms. The first-order valence-corrected chi connectivity index (χ1v) is 16.9. The largest absolute Gasteiger partial charge is 0.352 e. The second kappa shape index (κ2) is 15.5. The average Bonchev–Trinajstić information content (AvgIpc) is 3.01. The molecule has 3 aromatic rings. The van der Waals surface area contributed by atoms with E-state index in [4.69, 9.17) is 0 Å². The van der Waals surface area contributed by atoms with Crippen molar-refractivity contribution < 1.29 is 18.0 Å². The van der Waals surface area contributed by atoms with Crippen LogP contribution in [-0.2, 0) is 32.6 Å². The summed E-state index contributed by atoms with van der Waals surface area (Å²) >= 11 is 3.47. The molecule has 0 saturated heterocycles. The van der Waals surface area contributed by atoms with Crippen molar-refractivity contribution in [3.05, 3.63) is 101 Å². The number of benzene rings is 3. The van der Waals surface area contributed by atoms with Crippen LogP contribution in [0.1, 0.15) is 56.1 Å². The number of halogens is 1. The SMILES string of the molecule is CN(CCCC(=O)N(Cc1ccc(Br)cc1)[C@H](Cc1ccccc1)C(=O)NC1CCCCC1)S(=O)(=O)c1ccccc1. The molecule has 42 heavy (non-hydrogen) atoms. The minimum absolute atomic E-state index is 0.117. The predicted octanol–water partition coefficient (Wildman–Crippen LogP) is 5.94. The lowest BCUT2D eigenvalue weighted by atomic mass is 9.94. The highest BCUT2D eigenvalue weighted by atomic mass is 79.9. The lowest BCUT2D eigenvalue weighted by molar-refractivity contribution is -0.141. The zero-order valence-corrected chi connectivity index (χ0v) is 26.5. The van der Waals surface area contributed by atoms with E-state index in [2.05, 4.69) is 21.2 Å². The van der Waals surface area contributed by atoms with E-state index in [0.29, 0.717) is 12.8 Å². The molecule has 1 saturated carbocycles. The number of rotatable bonds is 13. The van der Waals surface area contributed by atoms with E-state index in [-0.39, 0.29) is 42.3 Å². The molecule has 1 fully saturated rings. The molecule has 0 unspecified atom stereocenters. The first-order chi connectivity index (χ1) is 20.2. The molecule has 0 spiro atoms. The fourth-order valence-electron chi connectivity index (χ4n) is 5.37. The van der Waals surface area contributed by atoms with Crippen molar-refractivity contribution in [2.75, 3.05) is 13.6 Å². The average molecular weight is 655 g/mol. The van der Waals surface area contributed by atoms with Crippen molar-refractivity contribution in [1.29, 1.82) is 0 Å². The third kappa shape index (κ3) is 8.99. The highest BCUT2D eigenvalue weighted by Gasteiger charge is 2.32. The first kappa shape index (κ1) is 31.9. The minimum Gasteiger partial charge on any atom is -0.352 e. The van der Waals surface area contributed by atoms with Crippen LogP contribution in [0.15, 0.2) is 94.3 Å². The number of hydrogen-bond acceptors (Lipinski definition) is 4. The molecule has 0 aliphatic heterocycles. The van der Waals surface area contributed by atoms with Crippen molar-refractivity contribution in [3.8, 4) is 0 Å². The Morgan fingerprint density at radius 1 is 0.881 bits per heavy atom. The maximum Gasteiger partial charge on any atom is 0.243 e. The summed E-state index contributed by atoms with van der Waals surface area (Å²) in [6.07, 6.45) is 6.12. The Kier molecular flexibility index (Phi) is 11.7. The third-order valence-electron chi connectivity index (χ3n) is 7.80. The van der Waals surface area contributed by atoms with Crippen molar-refractivity contribution in [3.63, 3.8) is 0 Å². The van der Waals surface area contributed by atoms with Gasteiger partial charge in [-0.2, -0.15) is 0 Å². The van der Waals surface area contributed by atoms with Gasteiger partial charge in [0, 0.05) is 43.5 Å². The lowest BCUT2D eigenvalue weighted by Gasteiger charge is -2.33. The Bertz CT molecular complexity index is 1400. The monoisotopic (exact) mass is 653 g/mol. The van der Waals surface area contributed by atoms with Gasteiger partial charge in [0.15, 0.2) is 0 Å². The van der Waals surface area contributed by atoms with Crippen molar-refractivity contribution in [1.82, 2.24) is 14.5 Å². The molecule has 1 aliphatic rings. The minimum atomic E-state index is -3.66. The summed E-state index contributed by atoms with van der Waals surface area (Å²) in [5.74, 6) is -0.317. The second-order valence-corrected chi connectivity index (χ2v) is 13.9. The van der Waals surface area contributed by atoms with Gasteiger partial charge in [-0.15, -0.1) is 0 Å². The van der Waals surface area contributed by atoms with Crippen LogP contribution in [-0.4, -0.2) is 55.1 Å². The van der Waals surface area contributed by atoms with Gasteiger partial charge in [0.25, 0.3) is 0 Å². The topological polar surface area (TPSA) is 86.8 Å². The Hall–Kier alpha value is -3.01. The van der Waals surface area contributed by atoms with E-state index >= 15 is 0 Å². The van der Waals surface area contributed by atoms with E-state index in [0.717, 1.165) is 41.3 Å². The fraction of sp³-hybridized carbons (Fsp3) is 0.394. The maximum atomic E-state index is 13.9. The van der Waals surface area contributed by atoms with E-state index in [1.54, 1.807) is 35.2 Å². The Morgan fingerprint density at radius 2 is 1.50 bits per heavy atom. The smallest absolute Gasteiger partial charge is 0.243 e. The Morgan fingerprint density at radius 3 is 2.14 bits per heavy atom. The van der Waals surface area contributed by atoms with Gasteiger partial charge in [0.1, 0.15) is 6.04 Å². The number of nitrogens with zero attached hydrogens (tertiary/aromatic N) is 2. The standard InChI is InChI=1S/C33H40BrN3O4S/c1-36(42(40,41)30-16-9-4-10-17-30)23-11-18-32(38)37(25-27-19-21-28(34)22-20-27)31(24-26-12-5-2-6-13-26)33(39)35-29-14-7-3-8-15-29/h2,4-6,9-10,12-13,16-17,19-22,29,31H,3,7-8,11,14-15,18,23-25H2,1H3,(H,35,39)/t31-/m1/s1. The summed E-state index contributed by atoms with van der Waals surface area (Å²) in [5, 5.41) is 3.25. The molecule has 4 rings (SSSR count). The number of nitrogens with one attached hydrogen (secondary N) is 1. The van der Waals surface area contributed by atoms with Gasteiger partial charge in [-0.05, 0) is 54.7 Å². The molecule has 0 bridgehead atoms. The Labute approximate surface area is 258 Å². The van der Waals surface area contributed by atoms with Crippen molar-refractivity contribution in [2.24, 2.45) is 0 Å². The molecular weight excluding hydrogens is 614 g/mol.